The molecule has 7 heteroatoms. The number of para-hydroxylation sites is 2. The van der Waals surface area contributed by atoms with Gasteiger partial charge in [-0.3, -0.25) is 19.8 Å². The SMILES string of the molecule is CCOC(=O)[C@]12CC[C@@H](Nc3ccccc3[N+](=O)[O-])[C@H](CC1)N2C. The van der Waals surface area contributed by atoms with Crippen molar-refractivity contribution in [3.8, 4) is 0 Å². The summed E-state index contributed by atoms with van der Waals surface area (Å²) in [6, 6.07) is 6.95. The van der Waals surface area contributed by atoms with Crippen molar-refractivity contribution in [2.75, 3.05) is 19.0 Å². The van der Waals surface area contributed by atoms with E-state index in [-0.39, 0.29) is 28.7 Å². The van der Waals surface area contributed by atoms with Crippen LogP contribution in [0.25, 0.3) is 0 Å². The summed E-state index contributed by atoms with van der Waals surface area (Å²) in [5.41, 5.74) is 0.0957. The number of rotatable bonds is 5. The number of piperidine rings is 1. The minimum Gasteiger partial charge on any atom is -0.465 e. The van der Waals surface area contributed by atoms with E-state index in [2.05, 4.69) is 10.2 Å². The van der Waals surface area contributed by atoms with Crippen molar-refractivity contribution in [1.29, 1.82) is 0 Å². The molecule has 2 aliphatic heterocycles. The van der Waals surface area contributed by atoms with Gasteiger partial charge in [-0.15, -0.1) is 0 Å². The number of nitrogens with zero attached hydrogens (tertiary/aromatic N) is 2. The second kappa shape index (κ2) is 6.39. The van der Waals surface area contributed by atoms with Gasteiger partial charge in [0.05, 0.1) is 11.5 Å². The molecular weight excluding hydrogens is 310 g/mol. The van der Waals surface area contributed by atoms with Crippen LogP contribution in [0.15, 0.2) is 24.3 Å². The average Bonchev–Trinajstić information content (AvgIpc) is 2.77. The minimum absolute atomic E-state index is 0.0837. The largest absolute Gasteiger partial charge is 0.465 e. The Morgan fingerprint density at radius 1 is 1.42 bits per heavy atom. The third-order valence-electron chi connectivity index (χ3n) is 5.46. The predicted molar refractivity (Wildman–Crippen MR) is 89.9 cm³/mol. The molecule has 0 saturated carbocycles. The zero-order valence-corrected chi connectivity index (χ0v) is 14.0. The van der Waals surface area contributed by atoms with Gasteiger partial charge in [-0.05, 0) is 45.7 Å². The smallest absolute Gasteiger partial charge is 0.326 e. The van der Waals surface area contributed by atoms with Crippen molar-refractivity contribution in [2.24, 2.45) is 0 Å². The molecule has 2 saturated heterocycles. The van der Waals surface area contributed by atoms with Crippen LogP contribution in [-0.4, -0.2) is 47.1 Å². The number of benzene rings is 1. The van der Waals surface area contributed by atoms with E-state index < -0.39 is 5.54 Å². The highest BCUT2D eigenvalue weighted by Gasteiger charge is 2.56. The minimum atomic E-state index is -0.526. The Hall–Kier alpha value is -2.15. The number of carbonyl (C=O) groups is 1. The number of carbonyl (C=O) groups excluding carboxylic acids is 1. The Morgan fingerprint density at radius 3 is 2.83 bits per heavy atom. The van der Waals surface area contributed by atoms with Crippen LogP contribution in [-0.2, 0) is 9.53 Å². The molecular formula is C17H23N3O4. The third-order valence-corrected chi connectivity index (χ3v) is 5.46. The van der Waals surface area contributed by atoms with Crippen LogP contribution in [0, 0.1) is 10.1 Å². The molecule has 0 aromatic heterocycles. The van der Waals surface area contributed by atoms with Crippen LogP contribution >= 0.6 is 0 Å². The van der Waals surface area contributed by atoms with Crippen molar-refractivity contribution in [3.63, 3.8) is 0 Å². The van der Waals surface area contributed by atoms with Crippen molar-refractivity contribution < 1.29 is 14.5 Å². The molecule has 1 aromatic rings. The van der Waals surface area contributed by atoms with E-state index in [0.29, 0.717) is 18.7 Å². The number of ether oxygens (including phenoxy) is 1. The number of nitro groups is 1. The fourth-order valence-electron chi connectivity index (χ4n) is 4.17. The number of hydrogen-bond donors (Lipinski definition) is 1. The third kappa shape index (κ3) is 2.62. The molecule has 2 aliphatic rings. The van der Waals surface area contributed by atoms with E-state index in [4.69, 9.17) is 4.74 Å². The van der Waals surface area contributed by atoms with Crippen molar-refractivity contribution >= 4 is 17.3 Å². The van der Waals surface area contributed by atoms with E-state index in [1.54, 1.807) is 18.2 Å². The molecule has 2 bridgehead atoms. The maximum absolute atomic E-state index is 12.4. The lowest BCUT2D eigenvalue weighted by molar-refractivity contribution is -0.384. The number of nitrogens with one attached hydrogen (secondary N) is 1. The molecule has 0 amide bonds. The molecule has 2 fully saturated rings. The van der Waals surface area contributed by atoms with Gasteiger partial charge >= 0.3 is 5.97 Å². The highest BCUT2D eigenvalue weighted by atomic mass is 16.6. The lowest BCUT2D eigenvalue weighted by Gasteiger charge is -2.44. The van der Waals surface area contributed by atoms with Crippen LogP contribution in [0.2, 0.25) is 0 Å². The summed E-state index contributed by atoms with van der Waals surface area (Å²) in [7, 11) is 1.96. The normalized spacial score (nSPS) is 29.2. The van der Waals surface area contributed by atoms with E-state index in [1.807, 2.05) is 14.0 Å². The molecule has 7 nitrogen and oxygen atoms in total. The van der Waals surface area contributed by atoms with Gasteiger partial charge in [0, 0.05) is 18.2 Å². The Morgan fingerprint density at radius 2 is 2.12 bits per heavy atom. The van der Waals surface area contributed by atoms with E-state index in [9.17, 15) is 14.9 Å². The molecule has 130 valence electrons. The number of likely N-dealkylation sites (N-methyl/N-ethyl adjacent to an activating group) is 1. The van der Waals surface area contributed by atoms with Crippen LogP contribution in [0.5, 0.6) is 0 Å². The second-order valence-corrected chi connectivity index (χ2v) is 6.53. The first-order chi connectivity index (χ1) is 11.5. The van der Waals surface area contributed by atoms with Gasteiger partial charge in [0.25, 0.3) is 5.69 Å². The molecule has 3 atom stereocenters. The molecule has 1 N–H and O–H groups in total. The molecule has 3 rings (SSSR count). The average molecular weight is 333 g/mol. The maximum atomic E-state index is 12.4. The summed E-state index contributed by atoms with van der Waals surface area (Å²) in [6.07, 6.45) is 3.16. The van der Waals surface area contributed by atoms with Crippen LogP contribution in [0.4, 0.5) is 11.4 Å². The van der Waals surface area contributed by atoms with Gasteiger partial charge in [0.2, 0.25) is 0 Å². The molecule has 24 heavy (non-hydrogen) atoms. The Bertz CT molecular complexity index is 650. The fraction of sp³-hybridized carbons (Fsp3) is 0.588. The lowest BCUT2D eigenvalue weighted by atomic mass is 9.86. The number of anilines is 1. The molecule has 2 heterocycles. The zero-order chi connectivity index (χ0) is 17.3. The van der Waals surface area contributed by atoms with Crippen LogP contribution in [0.1, 0.15) is 32.6 Å². The molecule has 1 aromatic carbocycles. The quantitative estimate of drug-likeness (QED) is 0.506. The monoisotopic (exact) mass is 333 g/mol. The topological polar surface area (TPSA) is 84.7 Å². The van der Waals surface area contributed by atoms with E-state index >= 15 is 0 Å². The molecule has 0 spiro atoms. The van der Waals surface area contributed by atoms with Gasteiger partial charge < -0.3 is 10.1 Å². The van der Waals surface area contributed by atoms with Crippen molar-refractivity contribution in [3.05, 3.63) is 34.4 Å². The Balaban J connectivity index is 1.78. The van der Waals surface area contributed by atoms with Gasteiger partial charge in [-0.1, -0.05) is 12.1 Å². The van der Waals surface area contributed by atoms with E-state index in [1.165, 1.54) is 6.07 Å². The first-order valence-corrected chi connectivity index (χ1v) is 8.39. The summed E-state index contributed by atoms with van der Waals surface area (Å²) in [6.45, 7) is 2.21. The fourth-order valence-corrected chi connectivity index (χ4v) is 4.17. The van der Waals surface area contributed by atoms with Gasteiger partial charge in [-0.25, -0.2) is 0 Å². The van der Waals surface area contributed by atoms with Crippen LogP contribution in [0.3, 0.4) is 0 Å². The first kappa shape index (κ1) is 16.7. The number of fused-ring (bicyclic) bond motifs is 2. The highest BCUT2D eigenvalue weighted by Crippen LogP contribution is 2.45. The maximum Gasteiger partial charge on any atom is 0.326 e. The van der Waals surface area contributed by atoms with Crippen LogP contribution < -0.4 is 5.32 Å². The summed E-state index contributed by atoms with van der Waals surface area (Å²) < 4.78 is 5.29. The van der Waals surface area contributed by atoms with Gasteiger partial charge in [0.1, 0.15) is 11.2 Å². The number of nitro benzene ring substituents is 1. The predicted octanol–water partition coefficient (Wildman–Crippen LogP) is 2.57. The van der Waals surface area contributed by atoms with Gasteiger partial charge in [0.15, 0.2) is 0 Å². The lowest BCUT2D eigenvalue weighted by Crippen LogP contribution is -2.59. The first-order valence-electron chi connectivity index (χ1n) is 8.39. The molecule has 0 radical (unpaired) electrons. The molecule has 0 unspecified atom stereocenters. The summed E-state index contributed by atoms with van der Waals surface area (Å²) in [5.74, 6) is -0.140. The molecule has 0 aliphatic carbocycles. The second-order valence-electron chi connectivity index (χ2n) is 6.53. The standard InChI is InChI=1S/C17H23N3O4/c1-3-24-16(21)17-10-8-13(14(9-11-17)19(17)2)18-12-6-4-5-7-15(12)20(22)23/h4-7,13-14,18H,3,8-11H2,1-2H3/t13-,14+,17+/m1/s1. The Kier molecular flexibility index (Phi) is 4.45. The van der Waals surface area contributed by atoms with Crippen molar-refractivity contribution in [1.82, 2.24) is 4.90 Å². The summed E-state index contributed by atoms with van der Waals surface area (Å²) in [5, 5.41) is 14.5. The number of hydrogen-bond acceptors (Lipinski definition) is 6. The highest BCUT2D eigenvalue weighted by molar-refractivity contribution is 5.81. The number of esters is 1. The summed E-state index contributed by atoms with van der Waals surface area (Å²) in [4.78, 5) is 25.4. The zero-order valence-electron chi connectivity index (χ0n) is 14.0. The van der Waals surface area contributed by atoms with Crippen molar-refractivity contribution in [2.45, 2.75) is 50.2 Å². The summed E-state index contributed by atoms with van der Waals surface area (Å²) >= 11 is 0. The Labute approximate surface area is 141 Å². The van der Waals surface area contributed by atoms with E-state index in [0.717, 1.165) is 19.3 Å². The van der Waals surface area contributed by atoms with Gasteiger partial charge in [-0.2, -0.15) is 0 Å².